The predicted octanol–water partition coefficient (Wildman–Crippen LogP) is 3.27. The molecule has 0 bridgehead atoms. The van der Waals surface area contributed by atoms with Crippen molar-refractivity contribution in [1.82, 2.24) is 5.16 Å². The van der Waals surface area contributed by atoms with Crippen LogP contribution in [0, 0.1) is 12.8 Å². The predicted molar refractivity (Wildman–Crippen MR) is 95.4 cm³/mol. The molecule has 0 spiro atoms. The average molecular weight is 328 g/mol. The molecule has 6 nitrogen and oxygen atoms in total. The number of hydrogen-bond donors (Lipinski definition) is 2. The molecule has 0 radical (unpaired) electrons. The Morgan fingerprint density at radius 3 is 2.62 bits per heavy atom. The molecule has 2 N–H and O–H groups in total. The molecule has 1 amide bonds. The fraction of sp³-hybridized carbons (Fsp3) is 0.444. The van der Waals surface area contributed by atoms with Crippen molar-refractivity contribution < 1.29 is 9.32 Å². The van der Waals surface area contributed by atoms with Crippen LogP contribution < -0.4 is 15.5 Å². The lowest BCUT2D eigenvalue weighted by molar-refractivity contribution is -0.114. The first-order valence-electron chi connectivity index (χ1n) is 8.42. The van der Waals surface area contributed by atoms with E-state index in [1.807, 2.05) is 12.1 Å². The van der Waals surface area contributed by atoms with Crippen LogP contribution in [0.5, 0.6) is 0 Å². The highest BCUT2D eigenvalue weighted by Gasteiger charge is 2.15. The zero-order valence-electron chi connectivity index (χ0n) is 14.2. The van der Waals surface area contributed by atoms with Crippen LogP contribution in [-0.4, -0.2) is 30.7 Å². The summed E-state index contributed by atoms with van der Waals surface area (Å²) in [6.45, 7) is 6.52. The highest BCUT2D eigenvalue weighted by atomic mass is 16.5. The Labute approximate surface area is 142 Å². The quantitative estimate of drug-likeness (QED) is 0.881. The van der Waals surface area contributed by atoms with Gasteiger partial charge in [0.15, 0.2) is 5.82 Å². The number of benzene rings is 1. The molecule has 1 aromatic heterocycles. The molecular weight excluding hydrogens is 304 g/mol. The molecule has 6 heteroatoms. The maximum atomic E-state index is 11.9. The third-order valence-electron chi connectivity index (χ3n) is 4.36. The number of rotatable bonds is 5. The Kier molecular flexibility index (Phi) is 5.03. The van der Waals surface area contributed by atoms with E-state index < -0.39 is 0 Å². The van der Waals surface area contributed by atoms with E-state index in [1.165, 1.54) is 18.5 Å². The highest BCUT2D eigenvalue weighted by molar-refractivity contribution is 5.92. The number of nitrogens with zero attached hydrogens (tertiary/aromatic N) is 2. The molecule has 1 saturated heterocycles. The smallest absolute Gasteiger partial charge is 0.244 e. The van der Waals surface area contributed by atoms with Gasteiger partial charge in [0.1, 0.15) is 5.76 Å². The molecule has 1 fully saturated rings. The Balaban J connectivity index is 1.48. The maximum absolute atomic E-state index is 11.9. The minimum atomic E-state index is -0.155. The second-order valence-electron chi connectivity index (χ2n) is 6.44. The Bertz CT molecular complexity index is 673. The van der Waals surface area contributed by atoms with Gasteiger partial charge in [0.2, 0.25) is 5.91 Å². The van der Waals surface area contributed by atoms with Crippen molar-refractivity contribution in [2.75, 3.05) is 35.2 Å². The van der Waals surface area contributed by atoms with Crippen LogP contribution in [0.4, 0.5) is 17.2 Å². The molecule has 0 unspecified atom stereocenters. The first kappa shape index (κ1) is 16.4. The Morgan fingerprint density at radius 2 is 2.00 bits per heavy atom. The van der Waals surface area contributed by atoms with Crippen LogP contribution in [0.15, 0.2) is 34.9 Å². The summed E-state index contributed by atoms with van der Waals surface area (Å²) in [5.74, 6) is 1.78. The van der Waals surface area contributed by atoms with Crippen molar-refractivity contribution in [2.45, 2.75) is 26.7 Å². The normalized spacial score (nSPS) is 15.3. The lowest BCUT2D eigenvalue weighted by atomic mass is 9.99. The number of hydrogen-bond acceptors (Lipinski definition) is 5. The third kappa shape index (κ3) is 4.28. The zero-order valence-corrected chi connectivity index (χ0v) is 14.2. The number of piperidine rings is 1. The first-order valence-corrected chi connectivity index (χ1v) is 8.42. The van der Waals surface area contributed by atoms with Crippen molar-refractivity contribution in [3.05, 3.63) is 36.1 Å². The lowest BCUT2D eigenvalue weighted by Gasteiger charge is -2.32. The lowest BCUT2D eigenvalue weighted by Crippen LogP contribution is -2.32. The first-order chi connectivity index (χ1) is 11.6. The van der Waals surface area contributed by atoms with Gasteiger partial charge in [0.05, 0.1) is 6.54 Å². The molecule has 128 valence electrons. The summed E-state index contributed by atoms with van der Waals surface area (Å²) in [5, 5.41) is 9.54. The van der Waals surface area contributed by atoms with Gasteiger partial charge in [-0.2, -0.15) is 0 Å². The number of anilines is 3. The third-order valence-corrected chi connectivity index (χ3v) is 4.36. The molecule has 24 heavy (non-hydrogen) atoms. The van der Waals surface area contributed by atoms with E-state index in [4.69, 9.17) is 4.52 Å². The van der Waals surface area contributed by atoms with Crippen LogP contribution in [-0.2, 0) is 4.79 Å². The van der Waals surface area contributed by atoms with E-state index in [-0.39, 0.29) is 12.5 Å². The minimum absolute atomic E-state index is 0.155. The van der Waals surface area contributed by atoms with Gasteiger partial charge in [0, 0.05) is 30.5 Å². The average Bonchev–Trinajstić information content (AvgIpc) is 2.99. The van der Waals surface area contributed by atoms with Crippen molar-refractivity contribution >= 4 is 23.1 Å². The van der Waals surface area contributed by atoms with E-state index in [2.05, 4.69) is 39.7 Å². The van der Waals surface area contributed by atoms with E-state index in [0.29, 0.717) is 11.6 Å². The van der Waals surface area contributed by atoms with Gasteiger partial charge in [-0.25, -0.2) is 0 Å². The van der Waals surface area contributed by atoms with Gasteiger partial charge in [-0.05, 0) is 49.9 Å². The topological polar surface area (TPSA) is 70.4 Å². The Hall–Kier alpha value is -2.50. The van der Waals surface area contributed by atoms with Crippen molar-refractivity contribution in [2.24, 2.45) is 5.92 Å². The fourth-order valence-corrected chi connectivity index (χ4v) is 2.85. The molecule has 1 aliphatic rings. The largest absolute Gasteiger partial charge is 0.376 e. The molecule has 0 aliphatic carbocycles. The number of nitrogens with one attached hydrogen (secondary N) is 2. The second kappa shape index (κ2) is 7.38. The van der Waals surface area contributed by atoms with E-state index in [0.717, 1.165) is 24.7 Å². The number of aryl methyl sites for hydroxylation is 1. The molecule has 0 saturated carbocycles. The standard InChI is InChI=1S/C18H24N4O2/c1-13-7-9-22(10-8-13)16-5-3-15(4-6-16)19-12-18(23)20-17-11-14(2)24-21-17/h3-6,11,13,19H,7-10,12H2,1-2H3,(H,20,21,23). The van der Waals surface area contributed by atoms with Gasteiger partial charge < -0.3 is 20.1 Å². The van der Waals surface area contributed by atoms with Crippen LogP contribution >= 0.6 is 0 Å². The van der Waals surface area contributed by atoms with Crippen molar-refractivity contribution in [3.63, 3.8) is 0 Å². The summed E-state index contributed by atoms with van der Waals surface area (Å²) in [4.78, 5) is 14.3. The van der Waals surface area contributed by atoms with Gasteiger partial charge >= 0.3 is 0 Å². The highest BCUT2D eigenvalue weighted by Crippen LogP contribution is 2.24. The second-order valence-corrected chi connectivity index (χ2v) is 6.44. The summed E-state index contributed by atoms with van der Waals surface area (Å²) < 4.78 is 4.92. The van der Waals surface area contributed by atoms with Gasteiger partial charge in [-0.15, -0.1) is 0 Å². The SMILES string of the molecule is Cc1cc(NC(=O)CNc2ccc(N3CCC(C)CC3)cc2)no1. The maximum Gasteiger partial charge on any atom is 0.244 e. The summed E-state index contributed by atoms with van der Waals surface area (Å²) in [5.41, 5.74) is 2.17. The van der Waals surface area contributed by atoms with E-state index in [9.17, 15) is 4.79 Å². The van der Waals surface area contributed by atoms with E-state index >= 15 is 0 Å². The van der Waals surface area contributed by atoms with Crippen molar-refractivity contribution in [1.29, 1.82) is 0 Å². The molecule has 0 atom stereocenters. The number of amides is 1. The molecule has 2 aromatic rings. The molecule has 3 rings (SSSR count). The summed E-state index contributed by atoms with van der Waals surface area (Å²) in [7, 11) is 0. The molecule has 2 heterocycles. The monoisotopic (exact) mass is 328 g/mol. The van der Waals surface area contributed by atoms with Crippen LogP contribution in [0.3, 0.4) is 0 Å². The number of carbonyl (C=O) groups is 1. The molecular formula is C18H24N4O2. The molecule has 1 aromatic carbocycles. The van der Waals surface area contributed by atoms with Crippen LogP contribution in [0.25, 0.3) is 0 Å². The summed E-state index contributed by atoms with van der Waals surface area (Å²) >= 11 is 0. The minimum Gasteiger partial charge on any atom is -0.376 e. The number of carbonyl (C=O) groups excluding carboxylic acids is 1. The Morgan fingerprint density at radius 1 is 1.29 bits per heavy atom. The van der Waals surface area contributed by atoms with Gasteiger partial charge in [-0.3, -0.25) is 4.79 Å². The van der Waals surface area contributed by atoms with Crippen molar-refractivity contribution in [3.8, 4) is 0 Å². The zero-order chi connectivity index (χ0) is 16.9. The summed E-state index contributed by atoms with van der Waals surface area (Å²) in [6.07, 6.45) is 2.50. The fourth-order valence-electron chi connectivity index (χ4n) is 2.85. The van der Waals surface area contributed by atoms with Crippen LogP contribution in [0.1, 0.15) is 25.5 Å². The number of aromatic nitrogens is 1. The van der Waals surface area contributed by atoms with Gasteiger partial charge in [0.25, 0.3) is 0 Å². The van der Waals surface area contributed by atoms with Crippen LogP contribution in [0.2, 0.25) is 0 Å². The van der Waals surface area contributed by atoms with Gasteiger partial charge in [-0.1, -0.05) is 12.1 Å². The molecule has 1 aliphatic heterocycles. The van der Waals surface area contributed by atoms with E-state index in [1.54, 1.807) is 13.0 Å². The summed E-state index contributed by atoms with van der Waals surface area (Å²) in [6, 6.07) is 9.93.